The Kier molecular flexibility index (Phi) is 3.05. The lowest BCUT2D eigenvalue weighted by atomic mass is 10.1. The molecule has 0 saturated heterocycles. The van der Waals surface area contributed by atoms with E-state index >= 15 is 0 Å². The molecule has 0 spiro atoms. The van der Waals surface area contributed by atoms with Crippen LogP contribution < -0.4 is 17.0 Å². The third-order valence-corrected chi connectivity index (χ3v) is 2.30. The minimum Gasteiger partial charge on any atom is -0.369 e. The van der Waals surface area contributed by atoms with Crippen LogP contribution in [0.15, 0.2) is 40.1 Å². The summed E-state index contributed by atoms with van der Waals surface area (Å²) in [6.07, 6.45) is 0.978. The molecule has 0 atom stereocenters. The van der Waals surface area contributed by atoms with Gasteiger partial charge >= 0.3 is 5.69 Å². The maximum atomic E-state index is 11.6. The lowest BCUT2D eigenvalue weighted by Crippen LogP contribution is -2.31. The molecule has 2 rings (SSSR count). The molecule has 7 heteroatoms. The maximum absolute atomic E-state index is 11.6. The van der Waals surface area contributed by atoms with E-state index in [0.717, 1.165) is 10.9 Å². The van der Waals surface area contributed by atoms with Gasteiger partial charge in [-0.25, -0.2) is 4.79 Å². The monoisotopic (exact) mass is 246 g/mol. The topological polar surface area (TPSA) is 111 Å². The van der Waals surface area contributed by atoms with Crippen molar-refractivity contribution in [3.63, 3.8) is 0 Å². The van der Waals surface area contributed by atoms with Crippen molar-refractivity contribution in [1.82, 2.24) is 14.8 Å². The number of carbonyl (C=O) groups is 1. The van der Waals surface area contributed by atoms with Crippen molar-refractivity contribution in [2.75, 3.05) is 0 Å². The van der Waals surface area contributed by atoms with Gasteiger partial charge in [0.05, 0.1) is 12.1 Å². The van der Waals surface area contributed by atoms with Gasteiger partial charge in [-0.3, -0.25) is 14.6 Å². The van der Waals surface area contributed by atoms with Crippen LogP contribution in [0.4, 0.5) is 0 Å². The Morgan fingerprint density at radius 1 is 1.33 bits per heavy atom. The molecule has 0 fully saturated rings. The zero-order valence-electron chi connectivity index (χ0n) is 9.29. The number of nitrogens with zero attached hydrogens (tertiary/aromatic N) is 2. The first-order valence-electron chi connectivity index (χ1n) is 5.13. The summed E-state index contributed by atoms with van der Waals surface area (Å²) in [6.45, 7) is 0. The van der Waals surface area contributed by atoms with Crippen molar-refractivity contribution in [2.24, 2.45) is 5.73 Å². The van der Waals surface area contributed by atoms with Crippen LogP contribution in [-0.4, -0.2) is 20.7 Å². The number of nitrogens with two attached hydrogens (primary N) is 1. The summed E-state index contributed by atoms with van der Waals surface area (Å²) < 4.78 is 1.01. The highest BCUT2D eigenvalue weighted by Gasteiger charge is 2.09. The third kappa shape index (κ3) is 2.34. The van der Waals surface area contributed by atoms with E-state index in [2.05, 4.69) is 10.1 Å². The van der Waals surface area contributed by atoms with Crippen molar-refractivity contribution in [3.05, 3.63) is 56.9 Å². The molecule has 0 aliphatic rings. The summed E-state index contributed by atoms with van der Waals surface area (Å²) in [7, 11) is 0. The number of H-pyrrole nitrogens is 1. The van der Waals surface area contributed by atoms with Gasteiger partial charge < -0.3 is 5.73 Å². The van der Waals surface area contributed by atoms with Crippen LogP contribution in [0.3, 0.4) is 0 Å². The lowest BCUT2D eigenvalue weighted by molar-refractivity contribution is -0.117. The first-order chi connectivity index (χ1) is 8.58. The molecule has 1 amide bonds. The molecule has 0 aliphatic heterocycles. The number of hydrogen-bond acceptors (Lipinski definition) is 4. The van der Waals surface area contributed by atoms with E-state index in [9.17, 15) is 14.4 Å². The van der Waals surface area contributed by atoms with Gasteiger partial charge in [0, 0.05) is 0 Å². The Morgan fingerprint density at radius 2 is 2.06 bits per heavy atom. The molecule has 0 unspecified atom stereocenters. The normalized spacial score (nSPS) is 10.2. The molecule has 2 aromatic rings. The Balaban J connectivity index is 2.60. The molecule has 7 nitrogen and oxygen atoms in total. The molecular weight excluding hydrogens is 236 g/mol. The minimum atomic E-state index is -0.667. The SMILES string of the molecule is NC(=O)Cc1ccccc1-n1ncc(=O)[nH]c1=O. The summed E-state index contributed by atoms with van der Waals surface area (Å²) in [5.41, 5.74) is 4.86. The number of para-hydroxylation sites is 1. The van der Waals surface area contributed by atoms with Gasteiger partial charge in [0.2, 0.25) is 5.91 Å². The van der Waals surface area contributed by atoms with E-state index in [1.807, 2.05) is 0 Å². The average molecular weight is 246 g/mol. The standard InChI is InChI=1S/C11H10N4O3/c12-9(16)5-7-3-1-2-4-8(7)15-11(18)14-10(17)6-13-15/h1-4,6H,5H2,(H2,12,16)(H,14,17,18). The van der Waals surface area contributed by atoms with E-state index in [4.69, 9.17) is 5.73 Å². The van der Waals surface area contributed by atoms with Crippen molar-refractivity contribution in [1.29, 1.82) is 0 Å². The maximum Gasteiger partial charge on any atom is 0.349 e. The molecule has 1 aromatic heterocycles. The quantitative estimate of drug-likeness (QED) is 0.719. The predicted octanol–water partition coefficient (Wildman–Crippen LogP) is -1.05. The number of benzene rings is 1. The molecule has 0 aliphatic carbocycles. The third-order valence-electron chi connectivity index (χ3n) is 2.30. The predicted molar refractivity (Wildman–Crippen MR) is 63.4 cm³/mol. The highest BCUT2D eigenvalue weighted by Crippen LogP contribution is 2.11. The van der Waals surface area contributed by atoms with E-state index in [-0.39, 0.29) is 6.42 Å². The second-order valence-corrected chi connectivity index (χ2v) is 3.62. The van der Waals surface area contributed by atoms with Crippen molar-refractivity contribution < 1.29 is 4.79 Å². The van der Waals surface area contributed by atoms with Crippen LogP contribution in [0.5, 0.6) is 0 Å². The van der Waals surface area contributed by atoms with Crippen molar-refractivity contribution in [2.45, 2.75) is 6.42 Å². The molecule has 18 heavy (non-hydrogen) atoms. The van der Waals surface area contributed by atoms with Gasteiger partial charge in [-0.1, -0.05) is 18.2 Å². The number of carbonyl (C=O) groups excluding carboxylic acids is 1. The van der Waals surface area contributed by atoms with Crippen molar-refractivity contribution in [3.8, 4) is 5.69 Å². The Hall–Kier alpha value is -2.70. The second-order valence-electron chi connectivity index (χ2n) is 3.62. The minimum absolute atomic E-state index is 0.0105. The summed E-state index contributed by atoms with van der Waals surface area (Å²) in [6, 6.07) is 6.70. The van der Waals surface area contributed by atoms with Crippen LogP contribution in [-0.2, 0) is 11.2 Å². The number of nitrogens with one attached hydrogen (secondary N) is 1. The smallest absolute Gasteiger partial charge is 0.349 e. The fraction of sp³-hybridized carbons (Fsp3) is 0.0909. The molecular formula is C11H10N4O3. The number of amides is 1. The second kappa shape index (κ2) is 4.66. The number of hydrogen-bond donors (Lipinski definition) is 2. The largest absolute Gasteiger partial charge is 0.369 e. The fourth-order valence-corrected chi connectivity index (χ4v) is 1.58. The fourth-order valence-electron chi connectivity index (χ4n) is 1.58. The Morgan fingerprint density at radius 3 is 2.72 bits per heavy atom. The summed E-state index contributed by atoms with van der Waals surface area (Å²) in [5, 5.41) is 3.72. The highest BCUT2D eigenvalue weighted by atomic mass is 16.2. The molecule has 0 radical (unpaired) electrons. The first-order valence-corrected chi connectivity index (χ1v) is 5.13. The zero-order valence-corrected chi connectivity index (χ0v) is 9.29. The van der Waals surface area contributed by atoms with Crippen LogP contribution >= 0.6 is 0 Å². The number of aromatic nitrogens is 3. The van der Waals surface area contributed by atoms with Crippen LogP contribution in [0.1, 0.15) is 5.56 Å². The molecule has 0 bridgehead atoms. The molecule has 3 N–H and O–H groups in total. The number of primary amides is 1. The molecule has 1 heterocycles. The van der Waals surface area contributed by atoms with E-state index < -0.39 is 17.2 Å². The van der Waals surface area contributed by atoms with Gasteiger partial charge in [-0.15, -0.1) is 0 Å². The van der Waals surface area contributed by atoms with E-state index in [1.54, 1.807) is 24.3 Å². The average Bonchev–Trinajstić information content (AvgIpc) is 2.30. The first kappa shape index (κ1) is 11.8. The zero-order chi connectivity index (χ0) is 13.1. The number of rotatable bonds is 3. The van der Waals surface area contributed by atoms with E-state index in [0.29, 0.717) is 11.3 Å². The Labute approximate surface area is 101 Å². The van der Waals surface area contributed by atoms with Gasteiger partial charge in [-0.2, -0.15) is 9.78 Å². The van der Waals surface area contributed by atoms with Crippen LogP contribution in [0.25, 0.3) is 5.69 Å². The summed E-state index contributed by atoms with van der Waals surface area (Å²) in [5.74, 6) is -0.514. The van der Waals surface area contributed by atoms with Crippen LogP contribution in [0.2, 0.25) is 0 Å². The van der Waals surface area contributed by atoms with Crippen LogP contribution in [0, 0.1) is 0 Å². The lowest BCUT2D eigenvalue weighted by Gasteiger charge is -2.08. The van der Waals surface area contributed by atoms with E-state index in [1.165, 1.54) is 0 Å². The van der Waals surface area contributed by atoms with Gasteiger partial charge in [0.15, 0.2) is 0 Å². The highest BCUT2D eigenvalue weighted by molar-refractivity contribution is 5.77. The molecule has 92 valence electrons. The van der Waals surface area contributed by atoms with Gasteiger partial charge in [0.1, 0.15) is 6.20 Å². The summed E-state index contributed by atoms with van der Waals surface area (Å²) >= 11 is 0. The number of aromatic amines is 1. The molecule has 0 saturated carbocycles. The Bertz CT molecular complexity index is 702. The van der Waals surface area contributed by atoms with Crippen molar-refractivity contribution >= 4 is 5.91 Å². The summed E-state index contributed by atoms with van der Waals surface area (Å²) in [4.78, 5) is 35.6. The van der Waals surface area contributed by atoms with Gasteiger partial charge in [0.25, 0.3) is 5.56 Å². The van der Waals surface area contributed by atoms with Gasteiger partial charge in [-0.05, 0) is 11.6 Å². The molecule has 1 aromatic carbocycles.